The second-order valence-corrected chi connectivity index (χ2v) is 3.92. The monoisotopic (exact) mass is 304 g/mol. The summed E-state index contributed by atoms with van der Waals surface area (Å²) in [5.74, 6) is -2.27. The van der Waals surface area contributed by atoms with Crippen molar-refractivity contribution in [2.24, 2.45) is 0 Å². The minimum atomic E-state index is -1.19. The summed E-state index contributed by atoms with van der Waals surface area (Å²) in [4.78, 5) is 36.6. The Morgan fingerprint density at radius 2 is 1.76 bits per heavy atom. The van der Waals surface area contributed by atoms with Crippen LogP contribution in [0.3, 0.4) is 0 Å². The van der Waals surface area contributed by atoms with Crippen molar-refractivity contribution < 1.29 is 13.6 Å². The second-order valence-electron chi connectivity index (χ2n) is 3.13. The fraction of sp³-hybridized carbons (Fsp3) is 0. The maximum Gasteiger partial charge on any atom is 0.326 e. The normalized spacial score (nSPS) is 10.8. The molecule has 1 heterocycles. The van der Waals surface area contributed by atoms with Crippen LogP contribution in [0.5, 0.6) is 0 Å². The van der Waals surface area contributed by atoms with Crippen molar-refractivity contribution in [3.63, 3.8) is 0 Å². The van der Waals surface area contributed by atoms with Crippen molar-refractivity contribution in [1.29, 1.82) is 0 Å². The number of nitrogens with one attached hydrogen (secondary N) is 2. The van der Waals surface area contributed by atoms with E-state index in [9.17, 15) is 23.2 Å². The number of benzene rings is 1. The van der Waals surface area contributed by atoms with Gasteiger partial charge in [-0.25, -0.2) is 13.6 Å². The van der Waals surface area contributed by atoms with E-state index in [1.807, 2.05) is 4.98 Å². The molecule has 0 radical (unpaired) electrons. The maximum absolute atomic E-state index is 13.7. The predicted octanol–water partition coefficient (Wildman–Crippen LogP) is 1.07. The number of H-pyrrole nitrogens is 2. The first-order valence-corrected chi connectivity index (χ1v) is 5.04. The summed E-state index contributed by atoms with van der Waals surface area (Å²) < 4.78 is 27.0. The third-order valence-electron chi connectivity index (χ3n) is 2.17. The number of aromatic nitrogens is 2. The summed E-state index contributed by atoms with van der Waals surface area (Å²) >= 11 is 2.68. The summed E-state index contributed by atoms with van der Waals surface area (Å²) in [7, 11) is 0. The van der Waals surface area contributed by atoms with Gasteiger partial charge in [0.25, 0.3) is 5.56 Å². The number of aromatic amines is 2. The van der Waals surface area contributed by atoms with Crippen molar-refractivity contribution in [3.05, 3.63) is 42.5 Å². The van der Waals surface area contributed by atoms with Crippen LogP contribution in [0.1, 0.15) is 10.4 Å². The summed E-state index contributed by atoms with van der Waals surface area (Å²) in [5, 5.41) is -0.701. The molecule has 0 unspecified atom stereocenters. The first-order valence-electron chi connectivity index (χ1n) is 4.25. The lowest BCUT2D eigenvalue weighted by molar-refractivity contribution is 0.111. The number of hydrogen-bond donors (Lipinski definition) is 2. The van der Waals surface area contributed by atoms with Gasteiger partial charge in [0.1, 0.15) is 11.2 Å². The number of carbonyl (C=O) groups is 1. The number of hydrogen-bond acceptors (Lipinski definition) is 3. The van der Waals surface area contributed by atoms with E-state index < -0.39 is 43.8 Å². The molecule has 88 valence electrons. The van der Waals surface area contributed by atoms with Crippen molar-refractivity contribution in [2.45, 2.75) is 0 Å². The Hall–Kier alpha value is -1.83. The zero-order valence-corrected chi connectivity index (χ0v) is 9.52. The number of carbonyl (C=O) groups excluding carboxylic acids is 1. The summed E-state index contributed by atoms with van der Waals surface area (Å²) in [6.07, 6.45) is 0.0759. The van der Waals surface area contributed by atoms with Gasteiger partial charge in [-0.15, -0.1) is 0 Å². The number of halogens is 3. The van der Waals surface area contributed by atoms with E-state index in [0.717, 1.165) is 0 Å². The highest BCUT2D eigenvalue weighted by Crippen LogP contribution is 2.27. The molecule has 2 N–H and O–H groups in total. The van der Waals surface area contributed by atoms with Gasteiger partial charge >= 0.3 is 5.69 Å². The van der Waals surface area contributed by atoms with Crippen molar-refractivity contribution >= 4 is 33.1 Å². The van der Waals surface area contributed by atoms with E-state index in [2.05, 4.69) is 15.9 Å². The van der Waals surface area contributed by atoms with Crippen LogP contribution in [0, 0.1) is 11.6 Å². The molecule has 17 heavy (non-hydrogen) atoms. The molecular weight excluding hydrogens is 302 g/mol. The van der Waals surface area contributed by atoms with Crippen LogP contribution < -0.4 is 11.2 Å². The molecule has 0 atom stereocenters. The van der Waals surface area contributed by atoms with Crippen molar-refractivity contribution in [1.82, 2.24) is 9.97 Å². The first-order chi connectivity index (χ1) is 7.97. The van der Waals surface area contributed by atoms with Crippen LogP contribution in [-0.4, -0.2) is 16.3 Å². The average molecular weight is 305 g/mol. The van der Waals surface area contributed by atoms with Crippen LogP contribution in [0.25, 0.3) is 10.9 Å². The molecule has 0 saturated heterocycles. The van der Waals surface area contributed by atoms with Crippen molar-refractivity contribution in [3.8, 4) is 0 Å². The molecule has 0 fully saturated rings. The highest BCUT2D eigenvalue weighted by atomic mass is 79.9. The zero-order valence-electron chi connectivity index (χ0n) is 7.94. The van der Waals surface area contributed by atoms with Crippen LogP contribution in [-0.2, 0) is 0 Å². The van der Waals surface area contributed by atoms with Gasteiger partial charge in [0.2, 0.25) is 0 Å². The fourth-order valence-electron chi connectivity index (χ4n) is 1.42. The van der Waals surface area contributed by atoms with Gasteiger partial charge in [0.15, 0.2) is 12.1 Å². The van der Waals surface area contributed by atoms with Gasteiger partial charge in [-0.3, -0.25) is 14.6 Å². The van der Waals surface area contributed by atoms with Crippen LogP contribution >= 0.6 is 15.9 Å². The minimum Gasteiger partial charge on any atom is -0.304 e. The molecule has 2 aromatic rings. The van der Waals surface area contributed by atoms with E-state index >= 15 is 0 Å². The summed E-state index contributed by atoms with van der Waals surface area (Å²) in [6, 6.07) is 0. The predicted molar refractivity (Wildman–Crippen MR) is 58.2 cm³/mol. The van der Waals surface area contributed by atoms with Crippen LogP contribution in [0.4, 0.5) is 8.78 Å². The zero-order chi connectivity index (χ0) is 12.7. The quantitative estimate of drug-likeness (QED) is 0.610. The molecule has 8 heteroatoms. The Labute approximate surface area is 99.6 Å². The van der Waals surface area contributed by atoms with Gasteiger partial charge in [0.05, 0.1) is 15.6 Å². The Kier molecular flexibility index (Phi) is 2.66. The molecule has 0 saturated carbocycles. The van der Waals surface area contributed by atoms with Gasteiger partial charge in [-0.2, -0.15) is 0 Å². The van der Waals surface area contributed by atoms with Crippen molar-refractivity contribution in [2.75, 3.05) is 0 Å². The molecule has 5 nitrogen and oxygen atoms in total. The lowest BCUT2D eigenvalue weighted by atomic mass is 10.1. The number of aldehydes is 1. The summed E-state index contributed by atoms with van der Waals surface area (Å²) in [5.41, 5.74) is -3.27. The smallest absolute Gasteiger partial charge is 0.304 e. The Morgan fingerprint density at radius 1 is 1.12 bits per heavy atom. The fourth-order valence-corrected chi connectivity index (χ4v) is 1.89. The third-order valence-corrected chi connectivity index (χ3v) is 2.94. The van der Waals surface area contributed by atoms with E-state index in [4.69, 9.17) is 0 Å². The molecule has 0 aliphatic carbocycles. The van der Waals surface area contributed by atoms with Gasteiger partial charge < -0.3 is 4.98 Å². The Bertz CT molecular complexity index is 750. The molecule has 0 spiro atoms. The van der Waals surface area contributed by atoms with E-state index in [1.165, 1.54) is 0 Å². The summed E-state index contributed by atoms with van der Waals surface area (Å²) in [6.45, 7) is 0. The van der Waals surface area contributed by atoms with E-state index in [0.29, 0.717) is 0 Å². The Morgan fingerprint density at radius 3 is 2.35 bits per heavy atom. The number of fused-ring (bicyclic) bond motifs is 1. The molecule has 1 aromatic heterocycles. The lowest BCUT2D eigenvalue weighted by Gasteiger charge is -2.05. The Balaban J connectivity index is 3.21. The highest BCUT2D eigenvalue weighted by molar-refractivity contribution is 9.10. The molecule has 0 aliphatic rings. The van der Waals surface area contributed by atoms with Gasteiger partial charge in [0, 0.05) is 0 Å². The largest absolute Gasteiger partial charge is 0.326 e. The number of rotatable bonds is 1. The van der Waals surface area contributed by atoms with E-state index in [1.54, 1.807) is 4.98 Å². The van der Waals surface area contributed by atoms with Gasteiger partial charge in [-0.1, -0.05) is 0 Å². The minimum absolute atomic E-state index is 0.0759. The van der Waals surface area contributed by atoms with Crippen LogP contribution in [0.15, 0.2) is 14.1 Å². The molecule has 0 bridgehead atoms. The molecule has 0 amide bonds. The first kappa shape index (κ1) is 11.6. The average Bonchev–Trinajstić information content (AvgIpc) is 2.25. The topological polar surface area (TPSA) is 82.8 Å². The molecular formula is C9H3BrF2N2O3. The van der Waals surface area contributed by atoms with Gasteiger partial charge in [-0.05, 0) is 15.9 Å². The standard InChI is InChI=1S/C9H3BrF2N2O3/c10-4-2(1-15)5(11)3-7(6(4)12)13-9(17)14-8(3)16/h1H,(H2,13,14,16,17). The molecule has 2 rings (SSSR count). The highest BCUT2D eigenvalue weighted by Gasteiger charge is 2.20. The maximum atomic E-state index is 13.7. The molecule has 0 aliphatic heterocycles. The third kappa shape index (κ3) is 1.60. The van der Waals surface area contributed by atoms with Crippen LogP contribution in [0.2, 0.25) is 0 Å². The molecule has 1 aromatic carbocycles. The SMILES string of the molecule is O=Cc1c(Br)c(F)c2[nH]c(=O)[nH]c(=O)c2c1F. The van der Waals surface area contributed by atoms with E-state index in [-0.39, 0.29) is 6.29 Å². The second kappa shape index (κ2) is 3.88. The lowest BCUT2D eigenvalue weighted by Crippen LogP contribution is -2.24.